The maximum atomic E-state index is 4.39. The van der Waals surface area contributed by atoms with Crippen molar-refractivity contribution < 1.29 is 14.2 Å². The normalized spacial score (nSPS) is 5.00. The van der Waals surface area contributed by atoms with Crippen LogP contribution in [-0.4, -0.2) is 5.75 Å². The zero-order valence-corrected chi connectivity index (χ0v) is 6.14. The summed E-state index contributed by atoms with van der Waals surface area (Å²) in [5.74, 6) is 0.833. The first-order valence-corrected chi connectivity index (χ1v) is 4.01. The summed E-state index contributed by atoms with van der Waals surface area (Å²) in [6.07, 6.45) is 0. The van der Waals surface area contributed by atoms with Crippen LogP contribution in [0.25, 0.3) is 0 Å². The molecule has 37 valence electrons. The molecule has 0 aliphatic rings. The molecule has 0 nitrogen and oxygen atoms in total. The Morgan fingerprint density at radius 1 is 1.80 bits per heavy atom. The molecular weight excluding hydrogens is 200 g/mol. The molecule has 0 N–H and O–H groups in total. The monoisotopic (exact) mass is 203 g/mol. The van der Waals surface area contributed by atoms with Crippen molar-refractivity contribution >= 4 is 26.7 Å². The van der Waals surface area contributed by atoms with E-state index in [-0.39, 0.29) is 0 Å². The maximum absolute atomic E-state index is 4.39. The molecule has 0 aromatic carbocycles. The van der Waals surface area contributed by atoms with Crippen LogP contribution in [0.2, 0.25) is 0 Å². The van der Waals surface area contributed by atoms with Crippen molar-refractivity contribution in [1.29, 1.82) is 0 Å². The minimum atomic E-state index is 0.833. The van der Waals surface area contributed by atoms with Crippen LogP contribution in [-0.2, 0) is 26.8 Å². The fourth-order valence-corrected chi connectivity index (χ4v) is 0. The van der Waals surface area contributed by atoms with Gasteiger partial charge in [0.25, 0.3) is 0 Å². The van der Waals surface area contributed by atoms with Gasteiger partial charge in [-0.3, -0.25) is 0 Å². The van der Waals surface area contributed by atoms with Crippen LogP contribution in [0.4, 0.5) is 0 Å². The number of hydrogen-bond donors (Lipinski definition) is 0. The van der Waals surface area contributed by atoms with Crippen LogP contribution in [0.3, 0.4) is 0 Å². The van der Waals surface area contributed by atoms with Gasteiger partial charge in [-0.15, -0.1) is 0 Å². The molecule has 0 aromatic heterocycles. The van der Waals surface area contributed by atoms with Crippen LogP contribution < -0.4 is 0 Å². The molecule has 0 aliphatic heterocycles. The molecule has 0 aliphatic carbocycles. The van der Waals surface area contributed by atoms with E-state index < -0.39 is 0 Å². The van der Waals surface area contributed by atoms with Gasteiger partial charge < -0.3 is 12.6 Å². The molecule has 0 aromatic rings. The van der Waals surface area contributed by atoms with E-state index in [1.54, 1.807) is 0 Å². The zero-order valence-electron chi connectivity index (χ0n) is 2.79. The van der Waals surface area contributed by atoms with Gasteiger partial charge in [0, 0.05) is 0 Å². The third-order valence-corrected chi connectivity index (χ3v) is 0. The van der Waals surface area contributed by atoms with E-state index >= 15 is 0 Å². The van der Waals surface area contributed by atoms with Gasteiger partial charge in [0.05, 0.1) is 0 Å². The first kappa shape index (κ1) is 9.60. The minimum absolute atomic E-state index is 0.833. The van der Waals surface area contributed by atoms with Crippen LogP contribution in [0.5, 0.6) is 0 Å². The summed E-state index contributed by atoms with van der Waals surface area (Å²) in [6.45, 7) is 1.94. The standard InChI is InChI=1S/C2H6S.BrH.Cu/c1-2-3;;/h3H,2H2,1H3;1H;/q;;+2/p-2. The van der Waals surface area contributed by atoms with Crippen molar-refractivity contribution in [1.82, 2.24) is 0 Å². The van der Waals surface area contributed by atoms with E-state index in [4.69, 9.17) is 0 Å². The fraction of sp³-hybridized carbons (Fsp3) is 1.00. The molecule has 0 atom stereocenters. The molecule has 0 saturated carbocycles. The molecule has 0 rings (SSSR count). The summed E-state index contributed by atoms with van der Waals surface area (Å²) in [6, 6.07) is 0. The SMILES string of the molecule is CC[S-].[Cu+][Br]. The topological polar surface area (TPSA) is 0 Å². The second-order valence-electron chi connectivity index (χ2n) is 0.289. The average molecular weight is 205 g/mol. The van der Waals surface area contributed by atoms with Gasteiger partial charge in [-0.25, -0.2) is 0 Å². The van der Waals surface area contributed by atoms with E-state index in [0.29, 0.717) is 0 Å². The third kappa shape index (κ3) is 33.0. The second-order valence-corrected chi connectivity index (χ2v) is 0.866. The summed E-state index contributed by atoms with van der Waals surface area (Å²) in [7, 11) is 0. The van der Waals surface area contributed by atoms with Crippen molar-refractivity contribution in [3.63, 3.8) is 0 Å². The fourth-order valence-electron chi connectivity index (χ4n) is 0. The van der Waals surface area contributed by atoms with Crippen LogP contribution in [0.15, 0.2) is 0 Å². The predicted octanol–water partition coefficient (Wildman–Crippen LogP) is 1.40. The Morgan fingerprint density at radius 2 is 1.80 bits per heavy atom. The molecule has 0 fully saturated rings. The Hall–Kier alpha value is 1.35. The molecular formula is C2H5BrCuS. The van der Waals surface area contributed by atoms with Crippen molar-refractivity contribution in [3.8, 4) is 0 Å². The van der Waals surface area contributed by atoms with Gasteiger partial charge in [0.1, 0.15) is 0 Å². The van der Waals surface area contributed by atoms with Gasteiger partial charge in [0.2, 0.25) is 0 Å². The summed E-state index contributed by atoms with van der Waals surface area (Å²) in [5, 5.41) is 0. The Kier molecular flexibility index (Phi) is 35.2. The Morgan fingerprint density at radius 3 is 1.80 bits per heavy atom. The van der Waals surface area contributed by atoms with Crippen LogP contribution in [0, 0.1) is 0 Å². The number of rotatable bonds is 0. The first-order chi connectivity index (χ1) is 2.41. The van der Waals surface area contributed by atoms with E-state index in [1.807, 2.05) is 6.92 Å². The molecule has 0 saturated heterocycles. The summed E-state index contributed by atoms with van der Waals surface area (Å²) >= 11 is 10.9. The number of halogens is 1. The van der Waals surface area contributed by atoms with Crippen LogP contribution >= 0.6 is 14.1 Å². The van der Waals surface area contributed by atoms with Crippen molar-refractivity contribution in [2.45, 2.75) is 6.92 Å². The van der Waals surface area contributed by atoms with E-state index in [1.165, 1.54) is 0 Å². The van der Waals surface area contributed by atoms with E-state index in [0.717, 1.165) is 5.75 Å². The van der Waals surface area contributed by atoms with Crippen LogP contribution in [0.1, 0.15) is 6.92 Å². The summed E-state index contributed by atoms with van der Waals surface area (Å²) in [4.78, 5) is 0. The van der Waals surface area contributed by atoms with Crippen molar-refractivity contribution in [3.05, 3.63) is 0 Å². The molecule has 0 heterocycles. The van der Waals surface area contributed by atoms with Gasteiger partial charge >= 0.3 is 28.3 Å². The molecule has 0 spiro atoms. The Bertz CT molecular complexity index is 9.61. The van der Waals surface area contributed by atoms with Gasteiger partial charge in [-0.2, -0.15) is 5.75 Å². The molecule has 3 heteroatoms. The molecule has 0 amide bonds. The van der Waals surface area contributed by atoms with E-state index in [2.05, 4.69) is 40.9 Å². The van der Waals surface area contributed by atoms with Crippen molar-refractivity contribution in [2.75, 3.05) is 5.75 Å². The molecule has 0 bridgehead atoms. The summed E-state index contributed by atoms with van der Waals surface area (Å²) in [5.41, 5.74) is 0. The Balaban J connectivity index is 0. The van der Waals surface area contributed by atoms with Crippen molar-refractivity contribution in [2.24, 2.45) is 0 Å². The molecule has 5 heavy (non-hydrogen) atoms. The van der Waals surface area contributed by atoms with Gasteiger partial charge in [0.15, 0.2) is 0 Å². The average Bonchev–Trinajstić information content (AvgIpc) is 1.46. The summed E-state index contributed by atoms with van der Waals surface area (Å²) < 4.78 is 0. The first-order valence-electron chi connectivity index (χ1n) is 1.11. The quantitative estimate of drug-likeness (QED) is 0.425. The zero-order chi connectivity index (χ0) is 4.71. The molecule has 0 radical (unpaired) electrons. The molecule has 0 unspecified atom stereocenters. The predicted molar refractivity (Wildman–Crippen MR) is 26.8 cm³/mol. The number of hydrogen-bond acceptors (Lipinski definition) is 1. The Labute approximate surface area is 53.6 Å². The van der Waals surface area contributed by atoms with Gasteiger partial charge in [-0.05, 0) is 0 Å². The van der Waals surface area contributed by atoms with E-state index in [9.17, 15) is 0 Å². The third-order valence-electron chi connectivity index (χ3n) is 0. The van der Waals surface area contributed by atoms with Gasteiger partial charge in [-0.1, -0.05) is 6.92 Å². The second kappa shape index (κ2) is 18.3.